The number of hydrogen-bond acceptors (Lipinski definition) is 3. The van der Waals surface area contributed by atoms with Gasteiger partial charge in [-0.2, -0.15) is 0 Å². The maximum Gasteiger partial charge on any atom is 0.138 e. The molecule has 0 atom stereocenters. The molecule has 0 spiro atoms. The molecule has 1 heterocycles. The Morgan fingerprint density at radius 3 is 2.94 bits per heavy atom. The van der Waals surface area contributed by atoms with E-state index in [1.165, 1.54) is 5.57 Å². The minimum absolute atomic E-state index is 0.675. The van der Waals surface area contributed by atoms with E-state index in [0.29, 0.717) is 6.61 Å². The predicted octanol–water partition coefficient (Wildman–Crippen LogP) is 2.88. The molecule has 1 aromatic rings. The first-order valence-corrected chi connectivity index (χ1v) is 6.23. The van der Waals surface area contributed by atoms with Gasteiger partial charge >= 0.3 is 0 Å². The lowest BCUT2D eigenvalue weighted by Crippen LogP contribution is -2.13. The van der Waals surface area contributed by atoms with Crippen molar-refractivity contribution in [1.29, 1.82) is 0 Å². The van der Waals surface area contributed by atoms with Crippen LogP contribution in [0.4, 0.5) is 0 Å². The second kappa shape index (κ2) is 7.85. The second-order valence-electron chi connectivity index (χ2n) is 3.87. The van der Waals surface area contributed by atoms with Crippen molar-refractivity contribution in [3.05, 3.63) is 30.1 Å². The molecule has 0 bridgehead atoms. The van der Waals surface area contributed by atoms with Gasteiger partial charge in [-0.1, -0.05) is 13.0 Å². The molecule has 3 nitrogen and oxygen atoms in total. The largest absolute Gasteiger partial charge is 0.492 e. The van der Waals surface area contributed by atoms with Crippen molar-refractivity contribution in [3.63, 3.8) is 0 Å². The summed E-state index contributed by atoms with van der Waals surface area (Å²) >= 11 is 0. The Bertz CT molecular complexity index is 361. The highest BCUT2D eigenvalue weighted by Crippen LogP contribution is 2.18. The summed E-state index contributed by atoms with van der Waals surface area (Å²) in [5.41, 5.74) is 2.38. The van der Waals surface area contributed by atoms with Crippen LogP contribution in [0, 0.1) is 0 Å². The first-order valence-electron chi connectivity index (χ1n) is 6.23. The van der Waals surface area contributed by atoms with Gasteiger partial charge in [0.1, 0.15) is 5.75 Å². The normalized spacial score (nSPS) is 11.6. The third-order valence-electron chi connectivity index (χ3n) is 2.50. The number of allylic oxidation sites excluding steroid dienone is 1. The molecular formula is C14H22N2O. The first-order chi connectivity index (χ1) is 8.27. The maximum atomic E-state index is 5.44. The minimum Gasteiger partial charge on any atom is -0.492 e. The van der Waals surface area contributed by atoms with E-state index in [-0.39, 0.29) is 0 Å². The topological polar surface area (TPSA) is 34.2 Å². The fourth-order valence-electron chi connectivity index (χ4n) is 1.57. The van der Waals surface area contributed by atoms with E-state index in [1.54, 1.807) is 6.20 Å². The summed E-state index contributed by atoms with van der Waals surface area (Å²) < 4.78 is 5.44. The first kappa shape index (κ1) is 13.7. The van der Waals surface area contributed by atoms with Crippen molar-refractivity contribution in [2.75, 3.05) is 19.7 Å². The van der Waals surface area contributed by atoms with Gasteiger partial charge in [-0.3, -0.25) is 4.98 Å². The highest BCUT2D eigenvalue weighted by atomic mass is 16.5. The second-order valence-corrected chi connectivity index (χ2v) is 3.87. The van der Waals surface area contributed by atoms with Crippen LogP contribution in [0.2, 0.25) is 0 Å². The molecule has 1 rings (SSSR count). The number of nitrogens with one attached hydrogen (secondary N) is 1. The van der Waals surface area contributed by atoms with Crippen LogP contribution in [0.25, 0.3) is 5.57 Å². The zero-order valence-electron chi connectivity index (χ0n) is 11.0. The summed E-state index contributed by atoms with van der Waals surface area (Å²) in [6.45, 7) is 8.92. The zero-order valence-corrected chi connectivity index (χ0v) is 11.0. The summed E-state index contributed by atoms with van der Waals surface area (Å²) in [6, 6.07) is 2.04. The third kappa shape index (κ3) is 5.00. The third-order valence-corrected chi connectivity index (χ3v) is 2.50. The number of rotatable bonds is 7. The van der Waals surface area contributed by atoms with Gasteiger partial charge in [-0.15, -0.1) is 0 Å². The molecule has 1 N–H and O–H groups in total. The monoisotopic (exact) mass is 234 g/mol. The summed E-state index contributed by atoms with van der Waals surface area (Å²) in [6.07, 6.45) is 6.90. The number of nitrogens with zero attached hydrogens (tertiary/aromatic N) is 1. The molecule has 0 unspecified atom stereocenters. The average molecular weight is 234 g/mol. The van der Waals surface area contributed by atoms with Gasteiger partial charge in [0.05, 0.1) is 12.8 Å². The molecule has 0 saturated carbocycles. The van der Waals surface area contributed by atoms with Crippen LogP contribution < -0.4 is 10.1 Å². The van der Waals surface area contributed by atoms with Crippen LogP contribution in [-0.4, -0.2) is 24.7 Å². The van der Waals surface area contributed by atoms with Crippen LogP contribution in [-0.2, 0) is 0 Å². The number of hydrogen-bond donors (Lipinski definition) is 1. The SMILES string of the molecule is CCNCC/C=C(/C)c1cncc(OCC)c1. The van der Waals surface area contributed by atoms with Crippen LogP contribution in [0.1, 0.15) is 32.8 Å². The molecule has 94 valence electrons. The molecule has 0 saturated heterocycles. The Hall–Kier alpha value is -1.35. The molecule has 3 heteroatoms. The van der Waals surface area contributed by atoms with Gasteiger partial charge in [0.2, 0.25) is 0 Å². The highest BCUT2D eigenvalue weighted by Gasteiger charge is 1.99. The predicted molar refractivity (Wildman–Crippen MR) is 72.2 cm³/mol. The van der Waals surface area contributed by atoms with Crippen molar-refractivity contribution >= 4 is 5.57 Å². The number of aromatic nitrogens is 1. The Balaban J connectivity index is 2.60. The lowest BCUT2D eigenvalue weighted by atomic mass is 10.1. The van der Waals surface area contributed by atoms with E-state index in [9.17, 15) is 0 Å². The summed E-state index contributed by atoms with van der Waals surface area (Å²) in [5, 5.41) is 3.30. The highest BCUT2D eigenvalue weighted by molar-refractivity contribution is 5.63. The van der Waals surface area contributed by atoms with Crippen molar-refractivity contribution in [2.24, 2.45) is 0 Å². The fraction of sp³-hybridized carbons (Fsp3) is 0.500. The molecule has 0 fully saturated rings. The maximum absolute atomic E-state index is 5.44. The summed E-state index contributed by atoms with van der Waals surface area (Å²) in [7, 11) is 0. The molecule has 0 aliphatic heterocycles. The zero-order chi connectivity index (χ0) is 12.5. The van der Waals surface area contributed by atoms with E-state index in [2.05, 4.69) is 30.2 Å². The smallest absolute Gasteiger partial charge is 0.138 e. The quantitative estimate of drug-likeness (QED) is 0.737. The Kier molecular flexibility index (Phi) is 6.33. The molecule has 1 aromatic heterocycles. The average Bonchev–Trinajstić information content (AvgIpc) is 2.35. The van der Waals surface area contributed by atoms with E-state index in [0.717, 1.165) is 30.8 Å². The van der Waals surface area contributed by atoms with Crippen molar-refractivity contribution in [1.82, 2.24) is 10.3 Å². The van der Waals surface area contributed by atoms with Gasteiger partial charge in [0.25, 0.3) is 0 Å². The van der Waals surface area contributed by atoms with Crippen molar-refractivity contribution < 1.29 is 4.74 Å². The molecule has 0 radical (unpaired) electrons. The van der Waals surface area contributed by atoms with Crippen LogP contribution in [0.15, 0.2) is 24.5 Å². The van der Waals surface area contributed by atoms with Gasteiger partial charge in [-0.05, 0) is 50.6 Å². The van der Waals surface area contributed by atoms with E-state index >= 15 is 0 Å². The van der Waals surface area contributed by atoms with Crippen LogP contribution in [0.3, 0.4) is 0 Å². The summed E-state index contributed by atoms with van der Waals surface area (Å²) in [5.74, 6) is 0.837. The Morgan fingerprint density at radius 1 is 1.41 bits per heavy atom. The molecule has 0 aliphatic carbocycles. The van der Waals surface area contributed by atoms with E-state index in [4.69, 9.17) is 4.74 Å². The molecule has 0 aliphatic rings. The number of pyridine rings is 1. The van der Waals surface area contributed by atoms with Crippen LogP contribution in [0.5, 0.6) is 5.75 Å². The Labute approximate surface area is 104 Å². The molecular weight excluding hydrogens is 212 g/mol. The summed E-state index contributed by atoms with van der Waals surface area (Å²) in [4.78, 5) is 4.19. The van der Waals surface area contributed by atoms with Gasteiger partial charge in [0.15, 0.2) is 0 Å². The molecule has 0 amide bonds. The van der Waals surface area contributed by atoms with E-state index in [1.807, 2.05) is 19.2 Å². The number of ether oxygens (including phenoxy) is 1. The van der Waals surface area contributed by atoms with Crippen LogP contribution >= 0.6 is 0 Å². The Morgan fingerprint density at radius 2 is 2.24 bits per heavy atom. The van der Waals surface area contributed by atoms with E-state index < -0.39 is 0 Å². The lowest BCUT2D eigenvalue weighted by molar-refractivity contribution is 0.339. The fourth-order valence-corrected chi connectivity index (χ4v) is 1.57. The standard InChI is InChI=1S/C14H22N2O/c1-4-15-8-6-7-12(3)13-9-14(17-5-2)11-16-10-13/h7,9-11,15H,4-6,8H2,1-3H3/b12-7-. The van der Waals surface area contributed by atoms with Crippen molar-refractivity contribution in [2.45, 2.75) is 27.2 Å². The molecule has 17 heavy (non-hydrogen) atoms. The van der Waals surface area contributed by atoms with Gasteiger partial charge in [0, 0.05) is 6.20 Å². The van der Waals surface area contributed by atoms with Crippen molar-refractivity contribution in [3.8, 4) is 5.75 Å². The van der Waals surface area contributed by atoms with Gasteiger partial charge < -0.3 is 10.1 Å². The van der Waals surface area contributed by atoms with Gasteiger partial charge in [-0.25, -0.2) is 0 Å². The molecule has 0 aromatic carbocycles. The minimum atomic E-state index is 0.675. The lowest BCUT2D eigenvalue weighted by Gasteiger charge is -2.06.